The van der Waals surface area contributed by atoms with Gasteiger partial charge in [-0.25, -0.2) is 22.5 Å². The van der Waals surface area contributed by atoms with Crippen LogP contribution in [-0.4, -0.2) is 61.2 Å². The number of ether oxygens (including phenoxy) is 2. The molecule has 0 N–H and O–H groups in total. The van der Waals surface area contributed by atoms with Crippen molar-refractivity contribution in [3.05, 3.63) is 82.4 Å². The van der Waals surface area contributed by atoms with Gasteiger partial charge in [0.2, 0.25) is 6.41 Å². The minimum atomic E-state index is -1.55. The van der Waals surface area contributed by atoms with E-state index in [1.165, 1.54) is 30.3 Å². The smallest absolute Gasteiger partial charge is 0.212 e. The summed E-state index contributed by atoms with van der Waals surface area (Å²) in [6.07, 6.45) is 0.481. The molecule has 2 atom stereocenters. The fourth-order valence-electron chi connectivity index (χ4n) is 4.96. The van der Waals surface area contributed by atoms with Gasteiger partial charge in [0.05, 0.1) is 29.2 Å². The van der Waals surface area contributed by atoms with Crippen molar-refractivity contribution in [2.45, 2.75) is 24.6 Å². The first kappa shape index (κ1) is 28.6. The molecule has 214 valence electrons. The standard InChI is InChI=1S/C19H16F4N2O2.C11H10ClNO/c20-7-19(8-21)9-27-17-14(19)5-15(13-6-25(10-26)18(13)23)24-16(17)11-1-3-12(22)4-2-11;1-7-3-8-5-9(12)6-13-11(8)10(4-7)14-2/h1-5,10,13,18H,6-9H2;3-6H,1-2H3. The maximum absolute atomic E-state index is 14.3. The Hall–Kier alpha value is -3.92. The number of aryl methyl sites for hydroxylation is 1. The second-order valence-electron chi connectivity index (χ2n) is 10.1. The second-order valence-corrected chi connectivity index (χ2v) is 10.5. The third-order valence-electron chi connectivity index (χ3n) is 7.34. The summed E-state index contributed by atoms with van der Waals surface area (Å²) >= 11 is 5.86. The molecule has 0 aliphatic carbocycles. The number of halogens is 5. The number of hydrogen-bond acceptors (Lipinski definition) is 5. The van der Waals surface area contributed by atoms with Gasteiger partial charge in [0, 0.05) is 29.3 Å². The lowest BCUT2D eigenvalue weighted by molar-refractivity contribution is -0.134. The largest absolute Gasteiger partial charge is 0.494 e. The van der Waals surface area contributed by atoms with E-state index in [4.69, 9.17) is 21.1 Å². The van der Waals surface area contributed by atoms with Crippen LogP contribution in [0.3, 0.4) is 0 Å². The van der Waals surface area contributed by atoms with Crippen LogP contribution < -0.4 is 9.47 Å². The lowest BCUT2D eigenvalue weighted by Gasteiger charge is -2.40. The van der Waals surface area contributed by atoms with Crippen LogP contribution in [0.2, 0.25) is 5.02 Å². The van der Waals surface area contributed by atoms with Crippen molar-refractivity contribution in [3.63, 3.8) is 0 Å². The van der Waals surface area contributed by atoms with E-state index in [9.17, 15) is 22.4 Å². The van der Waals surface area contributed by atoms with Gasteiger partial charge in [0.15, 0.2) is 6.30 Å². The third-order valence-corrected chi connectivity index (χ3v) is 7.54. The number of likely N-dealkylation sites (tertiary alicyclic amines) is 1. The molecule has 0 spiro atoms. The first-order valence-electron chi connectivity index (χ1n) is 12.7. The summed E-state index contributed by atoms with van der Waals surface area (Å²) in [4.78, 5) is 20.4. The van der Waals surface area contributed by atoms with Gasteiger partial charge in [-0.05, 0) is 61.0 Å². The van der Waals surface area contributed by atoms with Gasteiger partial charge in [0.1, 0.15) is 48.5 Å². The van der Waals surface area contributed by atoms with Crippen molar-refractivity contribution in [2.75, 3.05) is 33.6 Å². The van der Waals surface area contributed by atoms with Gasteiger partial charge in [-0.1, -0.05) is 11.6 Å². The van der Waals surface area contributed by atoms with Crippen molar-refractivity contribution in [1.82, 2.24) is 14.9 Å². The van der Waals surface area contributed by atoms with Gasteiger partial charge >= 0.3 is 0 Å². The van der Waals surface area contributed by atoms with Gasteiger partial charge in [-0.3, -0.25) is 9.78 Å². The van der Waals surface area contributed by atoms with Crippen LogP contribution in [0.25, 0.3) is 22.2 Å². The van der Waals surface area contributed by atoms with Crippen molar-refractivity contribution in [1.29, 1.82) is 0 Å². The van der Waals surface area contributed by atoms with E-state index >= 15 is 0 Å². The number of nitrogens with zero attached hydrogens (tertiary/aromatic N) is 3. The number of aromatic nitrogens is 2. The fraction of sp³-hybridized carbons (Fsp3) is 0.300. The zero-order valence-corrected chi connectivity index (χ0v) is 23.0. The summed E-state index contributed by atoms with van der Waals surface area (Å²) in [6, 6.07) is 12.8. The lowest BCUT2D eigenvalue weighted by Crippen LogP contribution is -2.51. The molecule has 1 saturated heterocycles. The van der Waals surface area contributed by atoms with Crippen LogP contribution in [0.15, 0.2) is 54.7 Å². The number of carbonyl (C=O) groups is 1. The van der Waals surface area contributed by atoms with Crippen LogP contribution in [0.1, 0.15) is 22.7 Å². The Morgan fingerprint density at radius 3 is 2.54 bits per heavy atom. The average Bonchev–Trinajstić information content (AvgIpc) is 3.35. The van der Waals surface area contributed by atoms with E-state index in [-0.39, 0.29) is 35.9 Å². The monoisotopic (exact) mass is 587 g/mol. The third kappa shape index (κ3) is 5.28. The first-order chi connectivity index (χ1) is 19.7. The molecule has 0 bridgehead atoms. The SMILES string of the molecule is COc1cc(C)cc2cc(Cl)cnc12.O=CN1CC(c2cc3c(c(-c4ccc(F)cc4)n2)OCC3(CF)CF)C1F. The molecule has 4 heterocycles. The Morgan fingerprint density at radius 1 is 1.17 bits per heavy atom. The summed E-state index contributed by atoms with van der Waals surface area (Å²) in [5.74, 6) is -0.129. The van der Waals surface area contributed by atoms with Crippen LogP contribution in [0, 0.1) is 12.7 Å². The molecule has 2 unspecified atom stereocenters. The minimum Gasteiger partial charge on any atom is -0.494 e. The molecule has 6 nitrogen and oxygen atoms in total. The number of carbonyl (C=O) groups excluding carboxylic acids is 1. The van der Waals surface area contributed by atoms with Gasteiger partial charge in [-0.15, -0.1) is 0 Å². The van der Waals surface area contributed by atoms with E-state index in [2.05, 4.69) is 9.97 Å². The van der Waals surface area contributed by atoms with Crippen molar-refractivity contribution in [3.8, 4) is 22.8 Å². The number of alkyl halides is 3. The predicted octanol–water partition coefficient (Wildman–Crippen LogP) is 6.51. The number of methoxy groups -OCH3 is 1. The van der Waals surface area contributed by atoms with E-state index in [0.717, 1.165) is 27.1 Å². The maximum atomic E-state index is 14.3. The summed E-state index contributed by atoms with van der Waals surface area (Å²) < 4.78 is 65.8. The minimum absolute atomic E-state index is 0.123. The Balaban J connectivity index is 0.000000202. The molecule has 11 heteroatoms. The molecule has 0 radical (unpaired) electrons. The average molecular weight is 588 g/mol. The van der Waals surface area contributed by atoms with Crippen LogP contribution >= 0.6 is 11.6 Å². The fourth-order valence-corrected chi connectivity index (χ4v) is 5.13. The molecule has 2 aliphatic rings. The lowest BCUT2D eigenvalue weighted by atomic mass is 9.82. The Labute approximate surface area is 238 Å². The normalized spacial score (nSPS) is 18.6. The Morgan fingerprint density at radius 2 is 1.90 bits per heavy atom. The van der Waals surface area contributed by atoms with Gasteiger partial charge in [0.25, 0.3) is 0 Å². The van der Waals surface area contributed by atoms with Gasteiger partial charge < -0.3 is 14.4 Å². The highest BCUT2D eigenvalue weighted by Crippen LogP contribution is 2.47. The molecule has 2 aliphatic heterocycles. The highest BCUT2D eigenvalue weighted by molar-refractivity contribution is 6.31. The molecule has 1 amide bonds. The van der Waals surface area contributed by atoms with Crippen LogP contribution in [0.4, 0.5) is 17.6 Å². The second kappa shape index (κ2) is 11.5. The zero-order chi connectivity index (χ0) is 29.3. The maximum Gasteiger partial charge on any atom is 0.212 e. The highest BCUT2D eigenvalue weighted by Gasteiger charge is 2.46. The molecule has 2 aromatic carbocycles. The molecular formula is C30H26ClF4N3O3. The molecule has 1 fully saturated rings. The molecule has 4 aromatic rings. The predicted molar refractivity (Wildman–Crippen MR) is 147 cm³/mol. The summed E-state index contributed by atoms with van der Waals surface area (Å²) in [6.45, 7) is -0.0138. The van der Waals surface area contributed by atoms with Crippen LogP contribution in [0.5, 0.6) is 11.5 Å². The van der Waals surface area contributed by atoms with Crippen molar-refractivity contribution >= 4 is 28.9 Å². The summed E-state index contributed by atoms with van der Waals surface area (Å²) in [5.41, 5.74) is 1.86. The Bertz CT molecular complexity index is 1580. The highest BCUT2D eigenvalue weighted by atomic mass is 35.5. The Kier molecular flexibility index (Phi) is 8.04. The number of benzene rings is 2. The number of hydrogen-bond donors (Lipinski definition) is 0. The van der Waals surface area contributed by atoms with E-state index in [1.54, 1.807) is 13.3 Å². The van der Waals surface area contributed by atoms with E-state index < -0.39 is 36.8 Å². The van der Waals surface area contributed by atoms with Gasteiger partial charge in [-0.2, -0.15) is 0 Å². The quantitative estimate of drug-likeness (QED) is 0.146. The molecular weight excluding hydrogens is 562 g/mol. The van der Waals surface area contributed by atoms with Crippen molar-refractivity contribution in [2.24, 2.45) is 0 Å². The first-order valence-corrected chi connectivity index (χ1v) is 13.1. The molecule has 2 aromatic heterocycles. The summed E-state index contributed by atoms with van der Waals surface area (Å²) in [5, 5.41) is 1.65. The zero-order valence-electron chi connectivity index (χ0n) is 22.2. The topological polar surface area (TPSA) is 64.5 Å². The number of pyridine rings is 2. The van der Waals surface area contributed by atoms with Crippen LogP contribution in [-0.2, 0) is 10.2 Å². The number of fused-ring (bicyclic) bond motifs is 2. The number of amides is 1. The summed E-state index contributed by atoms with van der Waals surface area (Å²) in [7, 11) is 1.64. The van der Waals surface area contributed by atoms with E-state index in [1.807, 2.05) is 25.1 Å². The van der Waals surface area contributed by atoms with E-state index in [0.29, 0.717) is 17.0 Å². The molecule has 41 heavy (non-hydrogen) atoms. The number of rotatable bonds is 6. The molecule has 0 saturated carbocycles. The molecule has 6 rings (SSSR count). The van der Waals surface area contributed by atoms with Crippen molar-refractivity contribution < 1.29 is 31.8 Å².